The molecule has 0 radical (unpaired) electrons. The third kappa shape index (κ3) is 5.39. The minimum absolute atomic E-state index is 0.109. The molecule has 0 saturated carbocycles. The Morgan fingerprint density at radius 1 is 1.45 bits per heavy atom. The third-order valence-electron chi connectivity index (χ3n) is 3.04. The quantitative estimate of drug-likeness (QED) is 0.760. The summed E-state index contributed by atoms with van der Waals surface area (Å²) in [7, 11) is 0. The van der Waals surface area contributed by atoms with E-state index in [1.54, 1.807) is 6.07 Å². The molecule has 0 aliphatic carbocycles. The highest BCUT2D eigenvalue weighted by atomic mass is 35.5. The van der Waals surface area contributed by atoms with Crippen molar-refractivity contribution >= 4 is 17.5 Å². The highest BCUT2D eigenvalue weighted by Gasteiger charge is 2.16. The van der Waals surface area contributed by atoms with Crippen molar-refractivity contribution in [3.63, 3.8) is 0 Å². The Labute approximate surface area is 125 Å². The van der Waals surface area contributed by atoms with E-state index in [9.17, 15) is 4.79 Å². The SMILES string of the molecule is Cc1cc(Cl)ccc1OCCCNC(=O)[C@@H](N)C(C)C. The van der Waals surface area contributed by atoms with Gasteiger partial charge in [0.25, 0.3) is 0 Å². The zero-order chi connectivity index (χ0) is 15.1. The summed E-state index contributed by atoms with van der Waals surface area (Å²) in [6.07, 6.45) is 0.735. The van der Waals surface area contributed by atoms with E-state index in [0.717, 1.165) is 17.7 Å². The summed E-state index contributed by atoms with van der Waals surface area (Å²) < 4.78 is 5.64. The summed E-state index contributed by atoms with van der Waals surface area (Å²) in [5.41, 5.74) is 6.75. The number of benzene rings is 1. The predicted octanol–water partition coefficient (Wildman–Crippen LogP) is 2.52. The van der Waals surface area contributed by atoms with E-state index >= 15 is 0 Å². The van der Waals surface area contributed by atoms with E-state index in [2.05, 4.69) is 5.32 Å². The van der Waals surface area contributed by atoms with Crippen LogP contribution in [-0.2, 0) is 4.79 Å². The normalized spacial score (nSPS) is 12.3. The molecule has 20 heavy (non-hydrogen) atoms. The monoisotopic (exact) mass is 298 g/mol. The molecule has 0 heterocycles. The number of amides is 1. The second kappa shape index (κ2) is 8.12. The van der Waals surface area contributed by atoms with Crippen molar-refractivity contribution < 1.29 is 9.53 Å². The largest absolute Gasteiger partial charge is 0.493 e. The van der Waals surface area contributed by atoms with Crippen LogP contribution < -0.4 is 15.8 Å². The molecule has 3 N–H and O–H groups in total. The Bertz CT molecular complexity index is 449. The van der Waals surface area contributed by atoms with Gasteiger partial charge in [-0.15, -0.1) is 0 Å². The second-order valence-electron chi connectivity index (χ2n) is 5.17. The Morgan fingerprint density at radius 3 is 2.75 bits per heavy atom. The average molecular weight is 299 g/mol. The van der Waals surface area contributed by atoms with Crippen molar-refractivity contribution in [3.05, 3.63) is 28.8 Å². The van der Waals surface area contributed by atoms with Gasteiger partial charge in [0.15, 0.2) is 0 Å². The van der Waals surface area contributed by atoms with E-state index in [0.29, 0.717) is 18.2 Å². The molecule has 0 spiro atoms. The fourth-order valence-electron chi connectivity index (χ4n) is 1.66. The number of rotatable bonds is 7. The smallest absolute Gasteiger partial charge is 0.237 e. The van der Waals surface area contributed by atoms with Gasteiger partial charge in [0.2, 0.25) is 5.91 Å². The van der Waals surface area contributed by atoms with Crippen LogP contribution in [0.2, 0.25) is 5.02 Å². The van der Waals surface area contributed by atoms with E-state index in [1.165, 1.54) is 0 Å². The first-order valence-electron chi connectivity index (χ1n) is 6.84. The summed E-state index contributed by atoms with van der Waals surface area (Å²) in [4.78, 5) is 11.6. The molecule has 0 unspecified atom stereocenters. The van der Waals surface area contributed by atoms with Gasteiger partial charge < -0.3 is 15.8 Å². The molecule has 0 fully saturated rings. The molecule has 1 aromatic rings. The molecule has 5 heteroatoms. The fraction of sp³-hybridized carbons (Fsp3) is 0.533. The van der Waals surface area contributed by atoms with Gasteiger partial charge in [-0.2, -0.15) is 0 Å². The number of nitrogens with one attached hydrogen (secondary N) is 1. The molecule has 0 bridgehead atoms. The minimum atomic E-state index is -0.450. The van der Waals surface area contributed by atoms with Crippen LogP contribution >= 0.6 is 11.6 Å². The van der Waals surface area contributed by atoms with Gasteiger partial charge in [0.05, 0.1) is 12.6 Å². The van der Waals surface area contributed by atoms with Crippen LogP contribution in [0, 0.1) is 12.8 Å². The number of hydrogen-bond acceptors (Lipinski definition) is 3. The van der Waals surface area contributed by atoms with Gasteiger partial charge in [-0.05, 0) is 43.0 Å². The molecular weight excluding hydrogens is 276 g/mol. The van der Waals surface area contributed by atoms with Crippen LogP contribution in [0.25, 0.3) is 0 Å². The number of carbonyl (C=O) groups excluding carboxylic acids is 1. The number of aryl methyl sites for hydroxylation is 1. The van der Waals surface area contributed by atoms with Gasteiger partial charge in [-0.25, -0.2) is 0 Å². The predicted molar refractivity (Wildman–Crippen MR) is 82.1 cm³/mol. The number of ether oxygens (including phenoxy) is 1. The summed E-state index contributed by atoms with van der Waals surface area (Å²) in [6.45, 7) is 6.91. The molecule has 112 valence electrons. The lowest BCUT2D eigenvalue weighted by Crippen LogP contribution is -2.44. The van der Waals surface area contributed by atoms with Crippen LogP contribution in [0.3, 0.4) is 0 Å². The fourth-order valence-corrected chi connectivity index (χ4v) is 1.89. The van der Waals surface area contributed by atoms with E-state index in [-0.39, 0.29) is 11.8 Å². The number of carbonyl (C=O) groups is 1. The van der Waals surface area contributed by atoms with Crippen molar-refractivity contribution in [1.29, 1.82) is 0 Å². The Hall–Kier alpha value is -1.26. The molecule has 0 saturated heterocycles. The zero-order valence-electron chi connectivity index (χ0n) is 12.3. The highest BCUT2D eigenvalue weighted by Crippen LogP contribution is 2.21. The minimum Gasteiger partial charge on any atom is -0.493 e. The van der Waals surface area contributed by atoms with Crippen LogP contribution in [-0.4, -0.2) is 25.1 Å². The second-order valence-corrected chi connectivity index (χ2v) is 5.61. The molecule has 0 aromatic heterocycles. The standard InChI is InChI=1S/C15H23ClN2O2/c1-10(2)14(17)15(19)18-7-4-8-20-13-6-5-12(16)9-11(13)3/h5-6,9-10,14H,4,7-8,17H2,1-3H3,(H,18,19)/t14-/m0/s1. The van der Waals surface area contributed by atoms with Gasteiger partial charge in [0, 0.05) is 11.6 Å². The van der Waals surface area contributed by atoms with E-state index < -0.39 is 6.04 Å². The van der Waals surface area contributed by atoms with Crippen LogP contribution in [0.4, 0.5) is 0 Å². The summed E-state index contributed by atoms with van der Waals surface area (Å²) in [5.74, 6) is 0.852. The van der Waals surface area contributed by atoms with Crippen LogP contribution in [0.15, 0.2) is 18.2 Å². The molecule has 0 aliphatic rings. The maximum Gasteiger partial charge on any atom is 0.237 e. The van der Waals surface area contributed by atoms with Gasteiger partial charge in [-0.1, -0.05) is 25.4 Å². The lowest BCUT2D eigenvalue weighted by molar-refractivity contribution is -0.123. The molecule has 1 amide bonds. The molecule has 4 nitrogen and oxygen atoms in total. The molecule has 1 rings (SSSR count). The number of nitrogens with two attached hydrogens (primary N) is 1. The molecular formula is C15H23ClN2O2. The lowest BCUT2D eigenvalue weighted by atomic mass is 10.1. The van der Waals surface area contributed by atoms with E-state index in [4.69, 9.17) is 22.1 Å². The van der Waals surface area contributed by atoms with Gasteiger partial charge in [0.1, 0.15) is 5.75 Å². The van der Waals surface area contributed by atoms with Crippen LogP contribution in [0.1, 0.15) is 25.8 Å². The van der Waals surface area contributed by atoms with Gasteiger partial charge >= 0.3 is 0 Å². The van der Waals surface area contributed by atoms with Crippen molar-refractivity contribution in [2.75, 3.05) is 13.2 Å². The number of halogens is 1. The molecule has 1 aromatic carbocycles. The van der Waals surface area contributed by atoms with Crippen LogP contribution in [0.5, 0.6) is 5.75 Å². The van der Waals surface area contributed by atoms with Crippen molar-refractivity contribution in [3.8, 4) is 5.75 Å². The average Bonchev–Trinajstić information content (AvgIpc) is 2.39. The maximum absolute atomic E-state index is 11.6. The first-order valence-corrected chi connectivity index (χ1v) is 7.22. The summed E-state index contributed by atoms with van der Waals surface area (Å²) >= 11 is 5.88. The molecule has 1 atom stereocenters. The van der Waals surface area contributed by atoms with Gasteiger partial charge in [-0.3, -0.25) is 4.79 Å². The number of hydrogen-bond donors (Lipinski definition) is 2. The molecule has 0 aliphatic heterocycles. The van der Waals surface area contributed by atoms with Crippen molar-refractivity contribution in [1.82, 2.24) is 5.32 Å². The Kier molecular flexibility index (Phi) is 6.82. The first-order chi connectivity index (χ1) is 9.41. The topological polar surface area (TPSA) is 64.3 Å². The Morgan fingerprint density at radius 2 is 2.15 bits per heavy atom. The van der Waals surface area contributed by atoms with Crippen molar-refractivity contribution in [2.24, 2.45) is 11.7 Å². The van der Waals surface area contributed by atoms with Crippen molar-refractivity contribution in [2.45, 2.75) is 33.2 Å². The lowest BCUT2D eigenvalue weighted by Gasteiger charge is -2.15. The summed E-state index contributed by atoms with van der Waals surface area (Å²) in [6, 6.07) is 5.06. The Balaban J connectivity index is 2.24. The zero-order valence-corrected chi connectivity index (χ0v) is 13.0. The highest BCUT2D eigenvalue weighted by molar-refractivity contribution is 6.30. The third-order valence-corrected chi connectivity index (χ3v) is 3.27. The maximum atomic E-state index is 11.6. The summed E-state index contributed by atoms with van der Waals surface area (Å²) in [5, 5.41) is 3.51. The first kappa shape index (κ1) is 16.8. The van der Waals surface area contributed by atoms with E-state index in [1.807, 2.05) is 32.9 Å².